The molecule has 0 saturated heterocycles. The Morgan fingerprint density at radius 2 is 2.06 bits per heavy atom. The smallest absolute Gasteiger partial charge is 0.140 e. The van der Waals surface area contributed by atoms with Crippen LogP contribution in [0.2, 0.25) is 0 Å². The summed E-state index contributed by atoms with van der Waals surface area (Å²) in [5, 5.41) is 9.52. The van der Waals surface area contributed by atoms with Crippen LogP contribution in [0, 0.1) is 11.3 Å². The number of thiazole rings is 1. The van der Waals surface area contributed by atoms with Gasteiger partial charge in [0.15, 0.2) is 0 Å². The molecule has 18 heavy (non-hydrogen) atoms. The first-order valence-corrected chi connectivity index (χ1v) is 6.58. The molecule has 0 radical (unpaired) electrons. The quantitative estimate of drug-likeness (QED) is 0.839. The van der Waals surface area contributed by atoms with E-state index in [0.29, 0.717) is 17.4 Å². The van der Waals surface area contributed by atoms with Gasteiger partial charge in [-0.1, -0.05) is 26.0 Å². The van der Waals surface area contributed by atoms with E-state index in [2.05, 4.69) is 37.0 Å². The first-order valence-electron chi connectivity index (χ1n) is 5.76. The number of benzene rings is 1. The summed E-state index contributed by atoms with van der Waals surface area (Å²) in [7, 11) is 0. The summed E-state index contributed by atoms with van der Waals surface area (Å²) in [6.45, 7) is 4.73. The zero-order valence-corrected chi connectivity index (χ0v) is 11.2. The minimum atomic E-state index is 0.410. The van der Waals surface area contributed by atoms with Crippen LogP contribution in [-0.4, -0.2) is 4.98 Å². The SMILES string of the molecule is CC(C)c1ccc(OCc2ncc(C#N)s2)cc1. The van der Waals surface area contributed by atoms with E-state index < -0.39 is 0 Å². The second kappa shape index (κ2) is 5.65. The molecule has 0 aliphatic rings. The zero-order valence-electron chi connectivity index (χ0n) is 10.4. The van der Waals surface area contributed by atoms with E-state index >= 15 is 0 Å². The molecule has 0 spiro atoms. The number of nitrogens with zero attached hydrogens (tertiary/aromatic N) is 2. The number of hydrogen-bond acceptors (Lipinski definition) is 4. The van der Waals surface area contributed by atoms with Gasteiger partial charge in [-0.05, 0) is 23.6 Å². The van der Waals surface area contributed by atoms with Gasteiger partial charge in [-0.3, -0.25) is 0 Å². The van der Waals surface area contributed by atoms with Crippen molar-refractivity contribution in [2.75, 3.05) is 0 Å². The average Bonchev–Trinajstić information content (AvgIpc) is 2.85. The van der Waals surface area contributed by atoms with Crippen molar-refractivity contribution < 1.29 is 4.74 Å². The third-order valence-electron chi connectivity index (χ3n) is 2.57. The first-order chi connectivity index (χ1) is 8.69. The minimum absolute atomic E-state index is 0.410. The standard InChI is InChI=1S/C14H14N2OS/c1-10(2)11-3-5-12(6-4-11)17-9-14-16-8-13(7-15)18-14/h3-6,8,10H,9H2,1-2H3. The van der Waals surface area contributed by atoms with Crippen LogP contribution in [0.3, 0.4) is 0 Å². The summed E-state index contributed by atoms with van der Waals surface area (Å²) in [6, 6.07) is 10.1. The Labute approximate surface area is 111 Å². The van der Waals surface area contributed by atoms with Crippen molar-refractivity contribution in [1.29, 1.82) is 5.26 Å². The Kier molecular flexibility index (Phi) is 3.96. The molecular formula is C14H14N2OS. The fraction of sp³-hybridized carbons (Fsp3) is 0.286. The molecule has 0 saturated carbocycles. The molecule has 0 aliphatic heterocycles. The fourth-order valence-electron chi connectivity index (χ4n) is 1.52. The monoisotopic (exact) mass is 258 g/mol. The summed E-state index contributed by atoms with van der Waals surface area (Å²) in [5.41, 5.74) is 1.29. The second-order valence-electron chi connectivity index (χ2n) is 4.24. The van der Waals surface area contributed by atoms with Crippen molar-refractivity contribution in [2.24, 2.45) is 0 Å². The van der Waals surface area contributed by atoms with Gasteiger partial charge >= 0.3 is 0 Å². The summed E-state index contributed by atoms with van der Waals surface area (Å²) < 4.78 is 5.62. The maximum atomic E-state index is 8.70. The van der Waals surface area contributed by atoms with E-state index in [1.54, 1.807) is 6.20 Å². The van der Waals surface area contributed by atoms with Crippen molar-refractivity contribution >= 4 is 11.3 Å². The predicted molar refractivity (Wildman–Crippen MR) is 71.7 cm³/mol. The lowest BCUT2D eigenvalue weighted by Gasteiger charge is -2.07. The molecule has 0 fully saturated rings. The molecule has 0 atom stereocenters. The van der Waals surface area contributed by atoms with Crippen LogP contribution in [0.5, 0.6) is 5.75 Å². The van der Waals surface area contributed by atoms with Gasteiger partial charge in [0.2, 0.25) is 0 Å². The van der Waals surface area contributed by atoms with E-state index in [4.69, 9.17) is 10.00 Å². The number of ether oxygens (including phenoxy) is 1. The normalized spacial score (nSPS) is 10.3. The topological polar surface area (TPSA) is 45.9 Å². The Morgan fingerprint density at radius 1 is 1.33 bits per heavy atom. The van der Waals surface area contributed by atoms with E-state index in [1.807, 2.05) is 12.1 Å². The predicted octanol–water partition coefficient (Wildman–Crippen LogP) is 3.72. The molecule has 92 valence electrons. The molecule has 0 unspecified atom stereocenters. The Balaban J connectivity index is 1.96. The Bertz CT molecular complexity index is 552. The molecule has 0 bridgehead atoms. The third kappa shape index (κ3) is 3.08. The summed E-state index contributed by atoms with van der Waals surface area (Å²) in [6.07, 6.45) is 1.57. The first kappa shape index (κ1) is 12.6. The molecule has 1 aromatic carbocycles. The number of aromatic nitrogens is 1. The van der Waals surface area contributed by atoms with Crippen molar-refractivity contribution in [2.45, 2.75) is 26.4 Å². The number of nitriles is 1. The van der Waals surface area contributed by atoms with Gasteiger partial charge in [-0.2, -0.15) is 5.26 Å². The fourth-order valence-corrected chi connectivity index (χ4v) is 2.15. The van der Waals surface area contributed by atoms with Gasteiger partial charge < -0.3 is 4.74 Å². The van der Waals surface area contributed by atoms with Crippen LogP contribution in [0.15, 0.2) is 30.5 Å². The molecule has 1 aromatic heterocycles. The third-order valence-corrected chi connectivity index (χ3v) is 3.45. The van der Waals surface area contributed by atoms with Gasteiger partial charge in [-0.25, -0.2) is 4.98 Å². The van der Waals surface area contributed by atoms with Crippen molar-refractivity contribution in [1.82, 2.24) is 4.98 Å². The lowest BCUT2D eigenvalue weighted by molar-refractivity contribution is 0.305. The van der Waals surface area contributed by atoms with E-state index in [9.17, 15) is 0 Å². The number of rotatable bonds is 4. The molecule has 2 rings (SSSR count). The van der Waals surface area contributed by atoms with Crippen LogP contribution in [0.25, 0.3) is 0 Å². The van der Waals surface area contributed by atoms with Crippen molar-refractivity contribution in [3.63, 3.8) is 0 Å². The molecule has 0 N–H and O–H groups in total. The molecule has 3 nitrogen and oxygen atoms in total. The molecular weight excluding hydrogens is 244 g/mol. The van der Waals surface area contributed by atoms with Crippen LogP contribution in [0.4, 0.5) is 0 Å². The van der Waals surface area contributed by atoms with Crippen LogP contribution < -0.4 is 4.74 Å². The largest absolute Gasteiger partial charge is 0.486 e. The maximum Gasteiger partial charge on any atom is 0.140 e. The molecule has 4 heteroatoms. The summed E-state index contributed by atoms with van der Waals surface area (Å²) in [5.74, 6) is 1.35. The van der Waals surface area contributed by atoms with Crippen molar-refractivity contribution in [3.05, 3.63) is 45.9 Å². The average molecular weight is 258 g/mol. The zero-order chi connectivity index (χ0) is 13.0. The molecule has 0 aliphatic carbocycles. The Hall–Kier alpha value is -1.86. The van der Waals surface area contributed by atoms with Gasteiger partial charge in [0, 0.05) is 0 Å². The van der Waals surface area contributed by atoms with Crippen LogP contribution >= 0.6 is 11.3 Å². The highest BCUT2D eigenvalue weighted by atomic mass is 32.1. The lowest BCUT2D eigenvalue weighted by atomic mass is 10.0. The lowest BCUT2D eigenvalue weighted by Crippen LogP contribution is -1.95. The Morgan fingerprint density at radius 3 is 2.61 bits per heavy atom. The van der Waals surface area contributed by atoms with E-state index in [-0.39, 0.29) is 0 Å². The van der Waals surface area contributed by atoms with Gasteiger partial charge in [0.25, 0.3) is 0 Å². The van der Waals surface area contributed by atoms with Crippen LogP contribution in [0.1, 0.15) is 35.2 Å². The van der Waals surface area contributed by atoms with Gasteiger partial charge in [0.1, 0.15) is 28.3 Å². The van der Waals surface area contributed by atoms with E-state index in [0.717, 1.165) is 10.8 Å². The number of hydrogen-bond donors (Lipinski definition) is 0. The van der Waals surface area contributed by atoms with Gasteiger partial charge in [0.05, 0.1) is 6.20 Å². The second-order valence-corrected chi connectivity index (χ2v) is 5.36. The van der Waals surface area contributed by atoms with Crippen LogP contribution in [-0.2, 0) is 6.61 Å². The van der Waals surface area contributed by atoms with E-state index in [1.165, 1.54) is 16.9 Å². The minimum Gasteiger partial charge on any atom is -0.486 e. The highest BCUT2D eigenvalue weighted by molar-refractivity contribution is 7.12. The summed E-state index contributed by atoms with van der Waals surface area (Å²) >= 11 is 1.36. The molecule has 2 aromatic rings. The summed E-state index contributed by atoms with van der Waals surface area (Å²) in [4.78, 5) is 4.73. The van der Waals surface area contributed by atoms with Gasteiger partial charge in [-0.15, -0.1) is 11.3 Å². The molecule has 1 heterocycles. The highest BCUT2D eigenvalue weighted by Gasteiger charge is 2.03. The highest BCUT2D eigenvalue weighted by Crippen LogP contribution is 2.20. The maximum absolute atomic E-state index is 8.70. The van der Waals surface area contributed by atoms with Crippen molar-refractivity contribution in [3.8, 4) is 11.8 Å². The molecule has 0 amide bonds.